The summed E-state index contributed by atoms with van der Waals surface area (Å²) in [6.07, 6.45) is 0. The van der Waals surface area contributed by atoms with Gasteiger partial charge >= 0.3 is 0 Å². The quantitative estimate of drug-likeness (QED) is 0.261. The lowest BCUT2D eigenvalue weighted by Crippen LogP contribution is -2.59. The normalized spacial score (nSPS) is 20.8. The number of nitro benzene ring substituents is 1. The number of hydrogen-bond acceptors (Lipinski definition) is 9. The molecule has 0 radical (unpaired) electrons. The summed E-state index contributed by atoms with van der Waals surface area (Å²) in [7, 11) is 0. The first-order valence-corrected chi connectivity index (χ1v) is 8.49. The fraction of sp³-hybridized carbons (Fsp3) is 0.400. The number of aromatic nitrogens is 2. The van der Waals surface area contributed by atoms with Crippen LogP contribution in [0.25, 0.3) is 0 Å². The van der Waals surface area contributed by atoms with E-state index in [1.54, 1.807) is 6.07 Å². The number of nitro groups is 1. The van der Waals surface area contributed by atoms with E-state index in [0.29, 0.717) is 23.8 Å². The number of hydrogen-bond donors (Lipinski definition) is 2. The third-order valence-corrected chi connectivity index (χ3v) is 4.77. The molecule has 11 nitrogen and oxygen atoms in total. The van der Waals surface area contributed by atoms with Gasteiger partial charge in [0, 0.05) is 37.3 Å². The van der Waals surface area contributed by atoms with Crippen molar-refractivity contribution in [3.8, 4) is 0 Å². The van der Waals surface area contributed by atoms with Crippen molar-refractivity contribution < 1.29 is 14.8 Å². The van der Waals surface area contributed by atoms with Gasteiger partial charge in [0.2, 0.25) is 5.84 Å². The van der Waals surface area contributed by atoms with Gasteiger partial charge in [-0.05, 0) is 30.2 Å². The van der Waals surface area contributed by atoms with Crippen LogP contribution < -0.4 is 10.6 Å². The second-order valence-corrected chi connectivity index (χ2v) is 6.73. The Kier molecular flexibility index (Phi) is 5.04. The monoisotopic (exact) mass is 395 g/mol. The lowest BCUT2D eigenvalue weighted by molar-refractivity contribution is -0.384. The van der Waals surface area contributed by atoms with Crippen LogP contribution in [-0.2, 0) is 0 Å². The lowest BCUT2D eigenvalue weighted by Gasteiger charge is -2.46. The molecule has 1 fully saturated rings. The van der Waals surface area contributed by atoms with Gasteiger partial charge in [-0.25, -0.2) is 4.63 Å². The van der Waals surface area contributed by atoms with Gasteiger partial charge in [0.15, 0.2) is 11.5 Å². The Morgan fingerprint density at radius 2 is 2.07 bits per heavy atom. The van der Waals surface area contributed by atoms with E-state index in [2.05, 4.69) is 20.1 Å². The minimum absolute atomic E-state index is 0.0306. The van der Waals surface area contributed by atoms with E-state index in [9.17, 15) is 15.3 Å². The van der Waals surface area contributed by atoms with Crippen LogP contribution in [0.4, 0.5) is 17.2 Å². The molecular weight excluding hydrogens is 378 g/mol. The van der Waals surface area contributed by atoms with E-state index >= 15 is 0 Å². The molecule has 0 aliphatic carbocycles. The van der Waals surface area contributed by atoms with Gasteiger partial charge in [0.1, 0.15) is 0 Å². The Bertz CT molecular complexity index is 875. The summed E-state index contributed by atoms with van der Waals surface area (Å²) in [5.74, 6) is 0.200. The first-order valence-electron chi connectivity index (χ1n) is 8.11. The van der Waals surface area contributed by atoms with E-state index in [1.807, 2.05) is 23.6 Å². The molecule has 0 bridgehead atoms. The molecule has 1 aliphatic heterocycles. The Morgan fingerprint density at radius 1 is 1.41 bits per heavy atom. The van der Waals surface area contributed by atoms with Crippen LogP contribution in [-0.4, -0.2) is 56.4 Å². The molecule has 1 aliphatic rings. The van der Waals surface area contributed by atoms with Crippen molar-refractivity contribution in [3.63, 3.8) is 0 Å². The van der Waals surface area contributed by atoms with Crippen molar-refractivity contribution in [1.29, 1.82) is 0 Å². The number of nitrogen functional groups attached to an aromatic ring is 1. The summed E-state index contributed by atoms with van der Waals surface area (Å²) in [5.41, 5.74) is 6.52. The fourth-order valence-corrected chi connectivity index (χ4v) is 3.67. The Labute approximate surface area is 159 Å². The fourth-order valence-electron chi connectivity index (χ4n) is 3.37. The zero-order valence-electron chi connectivity index (χ0n) is 14.6. The number of halogens is 1. The van der Waals surface area contributed by atoms with Crippen LogP contribution in [0.5, 0.6) is 0 Å². The number of non-ortho nitro benzene ring substituents is 1. The molecule has 1 aromatic carbocycles. The van der Waals surface area contributed by atoms with Gasteiger partial charge in [0.25, 0.3) is 5.69 Å². The molecule has 0 spiro atoms. The van der Waals surface area contributed by atoms with Crippen LogP contribution >= 0.6 is 11.6 Å². The number of piperazine rings is 1. The van der Waals surface area contributed by atoms with E-state index in [-0.39, 0.29) is 35.1 Å². The molecule has 1 saturated heterocycles. The van der Waals surface area contributed by atoms with Crippen molar-refractivity contribution in [2.75, 3.05) is 23.7 Å². The minimum Gasteiger partial charge on any atom is -0.409 e. The van der Waals surface area contributed by atoms with E-state index in [4.69, 9.17) is 17.3 Å². The summed E-state index contributed by atoms with van der Waals surface area (Å²) < 4.78 is 4.60. The van der Waals surface area contributed by atoms with Crippen LogP contribution in [0.3, 0.4) is 0 Å². The van der Waals surface area contributed by atoms with E-state index in [1.165, 1.54) is 12.1 Å². The largest absolute Gasteiger partial charge is 0.409 e. The highest BCUT2D eigenvalue weighted by Gasteiger charge is 2.35. The van der Waals surface area contributed by atoms with Crippen molar-refractivity contribution in [3.05, 3.63) is 39.0 Å². The van der Waals surface area contributed by atoms with Crippen LogP contribution in [0.1, 0.15) is 19.5 Å². The maximum Gasteiger partial charge on any atom is 0.271 e. The van der Waals surface area contributed by atoms with Crippen molar-refractivity contribution >= 4 is 34.6 Å². The maximum atomic E-state index is 10.9. The van der Waals surface area contributed by atoms with Crippen molar-refractivity contribution in [2.45, 2.75) is 25.9 Å². The molecule has 0 amide bonds. The highest BCUT2D eigenvalue weighted by Crippen LogP contribution is 2.32. The number of nitrogens with zero attached hydrogens (tertiary/aromatic N) is 6. The Morgan fingerprint density at radius 3 is 2.56 bits per heavy atom. The van der Waals surface area contributed by atoms with Crippen LogP contribution in [0.2, 0.25) is 5.02 Å². The molecule has 144 valence electrons. The summed E-state index contributed by atoms with van der Waals surface area (Å²) in [6, 6.07) is 4.17. The number of rotatable bonds is 3. The minimum atomic E-state index is -0.487. The molecule has 2 aromatic rings. The summed E-state index contributed by atoms with van der Waals surface area (Å²) in [4.78, 5) is 14.3. The molecule has 3 rings (SSSR count). The molecule has 0 saturated carbocycles. The average molecular weight is 396 g/mol. The highest BCUT2D eigenvalue weighted by molar-refractivity contribution is 6.33. The number of anilines is 2. The summed E-state index contributed by atoms with van der Waals surface area (Å²) in [5, 5.41) is 31.3. The predicted molar refractivity (Wildman–Crippen MR) is 98.1 cm³/mol. The highest BCUT2D eigenvalue weighted by atomic mass is 35.5. The molecule has 2 heterocycles. The maximum absolute atomic E-state index is 10.9. The predicted octanol–water partition coefficient (Wildman–Crippen LogP) is 1.95. The molecule has 1 aromatic heterocycles. The van der Waals surface area contributed by atoms with Gasteiger partial charge in [-0.2, -0.15) is 0 Å². The molecule has 2 atom stereocenters. The first kappa shape index (κ1) is 18.7. The lowest BCUT2D eigenvalue weighted by atomic mass is 10.1. The van der Waals surface area contributed by atoms with Crippen LogP contribution in [0, 0.1) is 10.1 Å². The third kappa shape index (κ3) is 3.45. The average Bonchev–Trinajstić information content (AvgIpc) is 3.03. The van der Waals surface area contributed by atoms with Crippen LogP contribution in [0.15, 0.2) is 28.0 Å². The van der Waals surface area contributed by atoms with Crippen molar-refractivity contribution in [2.24, 2.45) is 5.16 Å². The summed E-state index contributed by atoms with van der Waals surface area (Å²) in [6.45, 7) is 4.95. The van der Waals surface area contributed by atoms with Crippen molar-refractivity contribution in [1.82, 2.24) is 15.2 Å². The smallest absolute Gasteiger partial charge is 0.271 e. The topological polar surface area (TPSA) is 147 Å². The molecular formula is C15H18ClN7O4. The zero-order chi connectivity index (χ0) is 19.7. The second kappa shape index (κ2) is 7.27. The van der Waals surface area contributed by atoms with Gasteiger partial charge in [-0.15, -0.1) is 0 Å². The third-order valence-electron chi connectivity index (χ3n) is 4.47. The zero-order valence-corrected chi connectivity index (χ0v) is 15.4. The summed E-state index contributed by atoms with van der Waals surface area (Å²) >= 11 is 6.26. The van der Waals surface area contributed by atoms with Gasteiger partial charge in [-0.3, -0.25) is 10.1 Å². The van der Waals surface area contributed by atoms with Gasteiger partial charge in [-0.1, -0.05) is 16.8 Å². The number of oxime groups is 1. The standard InChI is InChI=1S/C15H18ClN7O4/c1-8-6-21(12-4-3-10(23(25)26)5-11(12)16)7-9(2)22(8)15(18-24)13-14(17)20-27-19-13/h3-5,8-9,24H,6-7H2,1-2H3,(H2,17,20)/t8-,9+. The Balaban J connectivity index is 1.85. The molecule has 0 unspecified atom stereocenters. The number of nitrogens with two attached hydrogens (primary N) is 1. The SMILES string of the molecule is C[C@@H]1CN(c2ccc([N+](=O)[O-])cc2Cl)C[C@H](C)N1C(=NO)c1nonc1N. The first-order chi connectivity index (χ1) is 12.8. The van der Waals surface area contributed by atoms with E-state index in [0.717, 1.165) is 0 Å². The molecule has 12 heteroatoms. The van der Waals surface area contributed by atoms with Gasteiger partial charge in [0.05, 0.1) is 15.6 Å². The van der Waals surface area contributed by atoms with E-state index < -0.39 is 4.92 Å². The number of benzene rings is 1. The van der Waals surface area contributed by atoms with Gasteiger partial charge < -0.3 is 20.7 Å². The Hall–Kier alpha value is -3.08. The molecule has 3 N–H and O–H groups in total. The molecule has 27 heavy (non-hydrogen) atoms. The number of amidine groups is 1. The second-order valence-electron chi connectivity index (χ2n) is 6.32.